The molecule has 1 amide bonds. The molecule has 2 aliphatic rings. The highest BCUT2D eigenvalue weighted by atomic mass is 16.5. The molecule has 0 aromatic heterocycles. The quantitative estimate of drug-likeness (QED) is 0.794. The first-order valence-electron chi connectivity index (χ1n) is 7.01. The maximum atomic E-state index is 12.4. The van der Waals surface area contributed by atoms with E-state index in [1.54, 1.807) is 13.8 Å². The Bertz CT molecular complexity index is 356. The number of carboxylic acid groups (broad SMARTS) is 1. The van der Waals surface area contributed by atoms with E-state index in [1.807, 2.05) is 4.90 Å². The van der Waals surface area contributed by atoms with Gasteiger partial charge < -0.3 is 14.7 Å². The fourth-order valence-electron chi connectivity index (χ4n) is 2.40. The molecule has 1 N–H and O–H groups in total. The number of carbonyl (C=O) groups excluding carboxylic acids is 1. The van der Waals surface area contributed by atoms with E-state index in [1.165, 1.54) is 0 Å². The van der Waals surface area contributed by atoms with Crippen LogP contribution in [0.1, 0.15) is 39.5 Å². The Kier molecular flexibility index (Phi) is 4.13. The van der Waals surface area contributed by atoms with Gasteiger partial charge in [-0.05, 0) is 33.1 Å². The Morgan fingerprint density at radius 3 is 2.47 bits per heavy atom. The number of carbonyl (C=O) groups is 2. The molecule has 1 heterocycles. The van der Waals surface area contributed by atoms with Crippen LogP contribution in [0.2, 0.25) is 0 Å². The molecule has 19 heavy (non-hydrogen) atoms. The number of amides is 1. The van der Waals surface area contributed by atoms with Crippen molar-refractivity contribution in [1.82, 2.24) is 4.90 Å². The van der Waals surface area contributed by atoms with E-state index in [0.29, 0.717) is 12.0 Å². The van der Waals surface area contributed by atoms with E-state index in [-0.39, 0.29) is 12.3 Å². The number of carboxylic acids is 1. The third-order valence-corrected chi connectivity index (χ3v) is 3.96. The smallest absolute Gasteiger partial charge is 0.309 e. The molecule has 2 fully saturated rings. The zero-order valence-electron chi connectivity index (χ0n) is 11.7. The molecule has 0 bridgehead atoms. The highest BCUT2D eigenvalue weighted by molar-refractivity contribution is 5.84. The summed E-state index contributed by atoms with van der Waals surface area (Å²) in [6, 6.07) is 0.331. The number of hydrogen-bond donors (Lipinski definition) is 1. The lowest BCUT2D eigenvalue weighted by molar-refractivity contribution is -0.151. The SMILES string of the molecule is CC(C)(CC(=O)N(CC1CCOC1)C1CC1)C(=O)O. The van der Waals surface area contributed by atoms with Crippen molar-refractivity contribution in [1.29, 1.82) is 0 Å². The van der Waals surface area contributed by atoms with Gasteiger partial charge in [-0.1, -0.05) is 0 Å². The van der Waals surface area contributed by atoms with Crippen LogP contribution < -0.4 is 0 Å². The lowest BCUT2D eigenvalue weighted by Crippen LogP contribution is -2.41. The summed E-state index contributed by atoms with van der Waals surface area (Å²) in [5.74, 6) is -0.528. The van der Waals surface area contributed by atoms with Gasteiger partial charge in [0.1, 0.15) is 0 Å². The van der Waals surface area contributed by atoms with Crippen LogP contribution in [-0.4, -0.2) is 47.7 Å². The van der Waals surface area contributed by atoms with Crippen molar-refractivity contribution in [2.45, 2.75) is 45.6 Å². The summed E-state index contributed by atoms with van der Waals surface area (Å²) in [4.78, 5) is 25.4. The van der Waals surface area contributed by atoms with Crippen LogP contribution >= 0.6 is 0 Å². The fourth-order valence-corrected chi connectivity index (χ4v) is 2.40. The number of ether oxygens (including phenoxy) is 1. The summed E-state index contributed by atoms with van der Waals surface area (Å²) >= 11 is 0. The summed E-state index contributed by atoms with van der Waals surface area (Å²) in [5.41, 5.74) is -0.990. The van der Waals surface area contributed by atoms with Gasteiger partial charge in [-0.3, -0.25) is 9.59 Å². The van der Waals surface area contributed by atoms with Gasteiger partial charge in [0.2, 0.25) is 5.91 Å². The molecule has 0 spiro atoms. The van der Waals surface area contributed by atoms with Crippen LogP contribution in [0.4, 0.5) is 0 Å². The molecule has 1 saturated carbocycles. The van der Waals surface area contributed by atoms with Crippen LogP contribution in [-0.2, 0) is 14.3 Å². The Hall–Kier alpha value is -1.10. The van der Waals surface area contributed by atoms with Gasteiger partial charge in [-0.25, -0.2) is 0 Å². The number of aliphatic carboxylic acids is 1. The second-order valence-electron chi connectivity index (χ2n) is 6.37. The van der Waals surface area contributed by atoms with Gasteiger partial charge in [0.15, 0.2) is 0 Å². The van der Waals surface area contributed by atoms with E-state index < -0.39 is 11.4 Å². The van der Waals surface area contributed by atoms with Gasteiger partial charge in [0.05, 0.1) is 12.0 Å². The third-order valence-electron chi connectivity index (χ3n) is 3.96. The van der Waals surface area contributed by atoms with Gasteiger partial charge >= 0.3 is 5.97 Å². The molecule has 2 rings (SSSR count). The first-order valence-corrected chi connectivity index (χ1v) is 7.01. The van der Waals surface area contributed by atoms with Crippen LogP contribution in [0.15, 0.2) is 0 Å². The van der Waals surface area contributed by atoms with Gasteiger partial charge in [-0.2, -0.15) is 0 Å². The minimum absolute atomic E-state index is 0.0261. The molecule has 1 atom stereocenters. The van der Waals surface area contributed by atoms with Crippen LogP contribution in [0.25, 0.3) is 0 Å². The Morgan fingerprint density at radius 1 is 1.32 bits per heavy atom. The molecule has 1 unspecified atom stereocenters. The molecular weight excluding hydrogens is 246 g/mol. The summed E-state index contributed by atoms with van der Waals surface area (Å²) in [6.45, 7) is 5.43. The van der Waals surface area contributed by atoms with Crippen molar-refractivity contribution in [3.05, 3.63) is 0 Å². The average molecular weight is 269 g/mol. The maximum absolute atomic E-state index is 12.4. The highest BCUT2D eigenvalue weighted by Gasteiger charge is 2.38. The molecule has 1 saturated heterocycles. The molecule has 0 radical (unpaired) electrons. The Balaban J connectivity index is 1.94. The van der Waals surface area contributed by atoms with Crippen molar-refractivity contribution in [2.24, 2.45) is 11.3 Å². The summed E-state index contributed by atoms with van der Waals surface area (Å²) < 4.78 is 5.34. The molecule has 5 nitrogen and oxygen atoms in total. The maximum Gasteiger partial charge on any atom is 0.309 e. The minimum atomic E-state index is -0.990. The van der Waals surface area contributed by atoms with Crippen LogP contribution in [0.5, 0.6) is 0 Å². The van der Waals surface area contributed by atoms with Gasteiger partial charge in [0, 0.05) is 31.5 Å². The predicted molar refractivity (Wildman–Crippen MR) is 69.7 cm³/mol. The van der Waals surface area contributed by atoms with Gasteiger partial charge in [-0.15, -0.1) is 0 Å². The lowest BCUT2D eigenvalue weighted by atomic mass is 9.89. The molecule has 0 aromatic carbocycles. The summed E-state index contributed by atoms with van der Waals surface area (Å²) in [5, 5.41) is 9.12. The van der Waals surface area contributed by atoms with Crippen molar-refractivity contribution in [3.63, 3.8) is 0 Å². The molecule has 0 aromatic rings. The summed E-state index contributed by atoms with van der Waals surface area (Å²) in [7, 11) is 0. The molecule has 108 valence electrons. The molecule has 1 aliphatic carbocycles. The molecule has 1 aliphatic heterocycles. The van der Waals surface area contributed by atoms with Gasteiger partial charge in [0.25, 0.3) is 0 Å². The zero-order valence-corrected chi connectivity index (χ0v) is 11.7. The van der Waals surface area contributed by atoms with Crippen LogP contribution in [0.3, 0.4) is 0 Å². The normalized spacial score (nSPS) is 23.4. The second kappa shape index (κ2) is 5.49. The van der Waals surface area contributed by atoms with E-state index in [9.17, 15) is 9.59 Å². The first-order chi connectivity index (χ1) is 8.90. The number of nitrogens with zero attached hydrogens (tertiary/aromatic N) is 1. The Morgan fingerprint density at radius 2 is 2.00 bits per heavy atom. The molecular formula is C14H23NO4. The molecule has 5 heteroatoms. The minimum Gasteiger partial charge on any atom is -0.481 e. The van der Waals surface area contributed by atoms with Crippen molar-refractivity contribution in [3.8, 4) is 0 Å². The second-order valence-corrected chi connectivity index (χ2v) is 6.37. The van der Waals surface area contributed by atoms with E-state index >= 15 is 0 Å². The van der Waals surface area contributed by atoms with Crippen molar-refractivity contribution < 1.29 is 19.4 Å². The van der Waals surface area contributed by atoms with E-state index in [0.717, 1.165) is 39.0 Å². The first kappa shape index (κ1) is 14.3. The van der Waals surface area contributed by atoms with Crippen molar-refractivity contribution >= 4 is 11.9 Å². The fraction of sp³-hybridized carbons (Fsp3) is 0.857. The lowest BCUT2D eigenvalue weighted by Gasteiger charge is -2.28. The zero-order chi connectivity index (χ0) is 14.0. The van der Waals surface area contributed by atoms with Crippen LogP contribution in [0, 0.1) is 11.3 Å². The monoisotopic (exact) mass is 269 g/mol. The summed E-state index contributed by atoms with van der Waals surface area (Å²) in [6.07, 6.45) is 3.17. The van der Waals surface area contributed by atoms with E-state index in [2.05, 4.69) is 0 Å². The van der Waals surface area contributed by atoms with Crippen molar-refractivity contribution in [2.75, 3.05) is 19.8 Å². The highest BCUT2D eigenvalue weighted by Crippen LogP contribution is 2.31. The number of hydrogen-bond acceptors (Lipinski definition) is 3. The average Bonchev–Trinajstić information content (AvgIpc) is 3.02. The Labute approximate surface area is 113 Å². The topological polar surface area (TPSA) is 66.8 Å². The standard InChI is InChI=1S/C14H23NO4/c1-14(2,13(17)18)7-12(16)15(11-3-4-11)8-10-5-6-19-9-10/h10-11H,3-9H2,1-2H3,(H,17,18). The largest absolute Gasteiger partial charge is 0.481 e. The predicted octanol–water partition coefficient (Wildman–Crippen LogP) is 1.51. The van der Waals surface area contributed by atoms with E-state index in [4.69, 9.17) is 9.84 Å². The number of rotatable bonds is 6. The third kappa shape index (κ3) is 3.69.